The fourth-order valence-electron chi connectivity index (χ4n) is 1.97. The Balaban J connectivity index is 2.03. The smallest absolute Gasteiger partial charge is 0.190 e. The molecule has 0 spiro atoms. The number of carbonyl (C=O) groups excluding carboxylic acids is 1. The molecule has 5 heteroatoms. The van der Waals surface area contributed by atoms with E-state index in [2.05, 4.69) is 0 Å². The van der Waals surface area contributed by atoms with Crippen molar-refractivity contribution in [1.29, 1.82) is 0 Å². The summed E-state index contributed by atoms with van der Waals surface area (Å²) in [6.45, 7) is 2.05. The Bertz CT molecular complexity index is 425. The molecule has 0 aliphatic carbocycles. The van der Waals surface area contributed by atoms with Crippen LogP contribution in [0.4, 0.5) is 8.78 Å². The molecular formula is C13H14F2O3. The maximum atomic E-state index is 13.5. The third-order valence-corrected chi connectivity index (χ3v) is 2.89. The minimum Gasteiger partial charge on any atom is -0.485 e. The van der Waals surface area contributed by atoms with Crippen LogP contribution in [-0.2, 0) is 4.74 Å². The Hall–Kier alpha value is -1.49. The van der Waals surface area contributed by atoms with Crippen LogP contribution in [0.15, 0.2) is 12.1 Å². The molecule has 2 atom stereocenters. The molecule has 1 aliphatic rings. The van der Waals surface area contributed by atoms with Gasteiger partial charge in [-0.2, -0.15) is 0 Å². The lowest BCUT2D eigenvalue weighted by atomic mass is 10.2. The lowest BCUT2D eigenvalue weighted by Crippen LogP contribution is -2.18. The quantitative estimate of drug-likeness (QED) is 0.777. The zero-order valence-electron chi connectivity index (χ0n) is 9.99. The summed E-state index contributed by atoms with van der Waals surface area (Å²) < 4.78 is 37.6. The number of hydrogen-bond donors (Lipinski definition) is 0. The molecule has 0 saturated carbocycles. The highest BCUT2D eigenvalue weighted by Gasteiger charge is 2.23. The molecule has 18 heavy (non-hydrogen) atoms. The van der Waals surface area contributed by atoms with Gasteiger partial charge in [-0.1, -0.05) is 0 Å². The molecule has 1 heterocycles. The van der Waals surface area contributed by atoms with Gasteiger partial charge in [0.1, 0.15) is 12.9 Å². The van der Waals surface area contributed by atoms with Crippen LogP contribution >= 0.6 is 0 Å². The predicted octanol–water partition coefficient (Wildman–Crippen LogP) is 2.72. The fraction of sp³-hybridized carbons (Fsp3) is 0.462. The van der Waals surface area contributed by atoms with Gasteiger partial charge in [0.2, 0.25) is 0 Å². The van der Waals surface area contributed by atoms with Gasteiger partial charge in [-0.05, 0) is 31.9 Å². The fourth-order valence-corrected chi connectivity index (χ4v) is 1.97. The lowest BCUT2D eigenvalue weighted by molar-refractivity contribution is 0.0247. The van der Waals surface area contributed by atoms with E-state index in [-0.39, 0.29) is 24.4 Å². The molecule has 3 nitrogen and oxygen atoms in total. The first-order valence-corrected chi connectivity index (χ1v) is 5.82. The van der Waals surface area contributed by atoms with Crippen molar-refractivity contribution in [3.63, 3.8) is 0 Å². The second-order valence-corrected chi connectivity index (χ2v) is 4.39. The first kappa shape index (κ1) is 13.0. The molecule has 0 aromatic heterocycles. The Kier molecular flexibility index (Phi) is 3.91. The molecule has 1 saturated heterocycles. The van der Waals surface area contributed by atoms with E-state index in [9.17, 15) is 13.6 Å². The molecule has 0 bridgehead atoms. The van der Waals surface area contributed by atoms with Crippen LogP contribution in [0.3, 0.4) is 0 Å². The summed E-state index contributed by atoms with van der Waals surface area (Å²) in [5, 5.41) is 0. The van der Waals surface area contributed by atoms with Gasteiger partial charge in [0, 0.05) is 5.56 Å². The zero-order chi connectivity index (χ0) is 13.1. The van der Waals surface area contributed by atoms with Crippen LogP contribution in [0.2, 0.25) is 0 Å². The van der Waals surface area contributed by atoms with Gasteiger partial charge < -0.3 is 9.47 Å². The van der Waals surface area contributed by atoms with Crippen LogP contribution in [-0.4, -0.2) is 25.1 Å². The summed E-state index contributed by atoms with van der Waals surface area (Å²) in [7, 11) is 0. The molecule has 0 N–H and O–H groups in total. The summed E-state index contributed by atoms with van der Waals surface area (Å²) in [5.74, 6) is -2.20. The highest BCUT2D eigenvalue weighted by Crippen LogP contribution is 2.25. The first-order chi connectivity index (χ1) is 8.60. The highest BCUT2D eigenvalue weighted by atomic mass is 19.1. The van der Waals surface area contributed by atoms with Gasteiger partial charge in [-0.3, -0.25) is 4.79 Å². The number of benzene rings is 1. The topological polar surface area (TPSA) is 35.5 Å². The number of rotatable bonds is 4. The van der Waals surface area contributed by atoms with Crippen molar-refractivity contribution in [3.05, 3.63) is 29.3 Å². The maximum absolute atomic E-state index is 13.5. The highest BCUT2D eigenvalue weighted by molar-refractivity contribution is 5.75. The average molecular weight is 256 g/mol. The largest absolute Gasteiger partial charge is 0.485 e. The number of ether oxygens (including phenoxy) is 2. The lowest BCUT2D eigenvalue weighted by Gasteiger charge is -2.13. The average Bonchev–Trinajstić information content (AvgIpc) is 2.73. The van der Waals surface area contributed by atoms with Crippen LogP contribution in [0.5, 0.6) is 5.75 Å². The van der Waals surface area contributed by atoms with Crippen molar-refractivity contribution in [2.24, 2.45) is 0 Å². The number of hydrogen-bond acceptors (Lipinski definition) is 3. The number of halogens is 2. The number of aldehydes is 1. The minimum atomic E-state index is -0.872. The van der Waals surface area contributed by atoms with E-state index in [1.165, 1.54) is 0 Å². The molecule has 2 unspecified atom stereocenters. The van der Waals surface area contributed by atoms with Gasteiger partial charge >= 0.3 is 0 Å². The van der Waals surface area contributed by atoms with Crippen molar-refractivity contribution >= 4 is 6.29 Å². The van der Waals surface area contributed by atoms with E-state index in [4.69, 9.17) is 9.47 Å². The first-order valence-electron chi connectivity index (χ1n) is 5.82. The Morgan fingerprint density at radius 3 is 2.56 bits per heavy atom. The van der Waals surface area contributed by atoms with Crippen molar-refractivity contribution in [2.45, 2.75) is 32.0 Å². The number of carbonyl (C=O) groups is 1. The summed E-state index contributed by atoms with van der Waals surface area (Å²) in [6, 6.07) is 1.90. The monoisotopic (exact) mass is 256 g/mol. The van der Waals surface area contributed by atoms with E-state index >= 15 is 0 Å². The molecule has 0 amide bonds. The predicted molar refractivity (Wildman–Crippen MR) is 60.8 cm³/mol. The molecule has 0 radical (unpaired) electrons. The van der Waals surface area contributed by atoms with Gasteiger partial charge in [-0.15, -0.1) is 0 Å². The van der Waals surface area contributed by atoms with E-state index in [0.29, 0.717) is 6.29 Å². The van der Waals surface area contributed by atoms with E-state index in [1.807, 2.05) is 6.92 Å². The van der Waals surface area contributed by atoms with E-state index in [0.717, 1.165) is 25.0 Å². The van der Waals surface area contributed by atoms with Gasteiger partial charge in [0.05, 0.1) is 12.2 Å². The molecule has 1 aromatic rings. The van der Waals surface area contributed by atoms with Crippen molar-refractivity contribution in [1.82, 2.24) is 0 Å². The van der Waals surface area contributed by atoms with Gasteiger partial charge in [0.25, 0.3) is 0 Å². The standard InChI is InChI=1S/C13H14F2O3/c1-8-2-3-10(18-8)7-17-13-11(14)4-9(6-16)5-12(13)15/h4-6,8,10H,2-3,7H2,1H3. The van der Waals surface area contributed by atoms with Gasteiger partial charge in [-0.25, -0.2) is 8.78 Å². The second kappa shape index (κ2) is 5.44. The summed E-state index contributed by atoms with van der Waals surface area (Å²) in [6.07, 6.45) is 2.15. The van der Waals surface area contributed by atoms with Crippen LogP contribution < -0.4 is 4.74 Å². The maximum Gasteiger partial charge on any atom is 0.190 e. The third kappa shape index (κ3) is 2.85. The molecular weight excluding hydrogens is 242 g/mol. The normalized spacial score (nSPS) is 23.1. The minimum absolute atomic E-state index is 0.0527. The molecule has 98 valence electrons. The third-order valence-electron chi connectivity index (χ3n) is 2.89. The summed E-state index contributed by atoms with van der Waals surface area (Å²) in [5.41, 5.74) is -0.0527. The Morgan fingerprint density at radius 2 is 2.06 bits per heavy atom. The Labute approximate surface area is 104 Å². The van der Waals surface area contributed by atoms with Gasteiger partial charge in [0.15, 0.2) is 17.4 Å². The van der Waals surface area contributed by atoms with Crippen molar-refractivity contribution in [2.75, 3.05) is 6.61 Å². The van der Waals surface area contributed by atoms with E-state index < -0.39 is 17.4 Å². The zero-order valence-corrected chi connectivity index (χ0v) is 9.99. The molecule has 1 fully saturated rings. The summed E-state index contributed by atoms with van der Waals surface area (Å²) in [4.78, 5) is 10.4. The van der Waals surface area contributed by atoms with E-state index in [1.54, 1.807) is 0 Å². The second-order valence-electron chi connectivity index (χ2n) is 4.39. The Morgan fingerprint density at radius 1 is 1.39 bits per heavy atom. The van der Waals surface area contributed by atoms with Crippen LogP contribution in [0.1, 0.15) is 30.1 Å². The van der Waals surface area contributed by atoms with Crippen molar-refractivity contribution in [3.8, 4) is 5.75 Å². The SMILES string of the molecule is CC1CCC(COc2c(F)cc(C=O)cc2F)O1. The van der Waals surface area contributed by atoms with Crippen molar-refractivity contribution < 1.29 is 23.0 Å². The molecule has 1 aromatic carbocycles. The van der Waals surface area contributed by atoms with Crippen LogP contribution in [0.25, 0.3) is 0 Å². The molecule has 2 rings (SSSR count). The van der Waals surface area contributed by atoms with Crippen LogP contribution in [0, 0.1) is 11.6 Å². The molecule has 1 aliphatic heterocycles. The summed E-state index contributed by atoms with van der Waals surface area (Å²) >= 11 is 0.